The van der Waals surface area contributed by atoms with Gasteiger partial charge < -0.3 is 14.6 Å². The van der Waals surface area contributed by atoms with Crippen molar-refractivity contribution in [3.63, 3.8) is 0 Å². The standard InChI is InChI=1S/C16H30O5S2/c1-4-12(22)7-14(18)20-10-16(6-3,9-17)11-21-15(19)8-13(23)5-2/h12-13,17,22-23H,4-11H2,1-3H3. The van der Waals surface area contributed by atoms with Gasteiger partial charge >= 0.3 is 11.9 Å². The van der Waals surface area contributed by atoms with E-state index in [2.05, 4.69) is 25.3 Å². The molecule has 0 fully saturated rings. The van der Waals surface area contributed by atoms with Gasteiger partial charge in [-0.05, 0) is 19.3 Å². The molecule has 0 amide bonds. The number of rotatable bonds is 12. The van der Waals surface area contributed by atoms with Crippen LogP contribution in [0.4, 0.5) is 0 Å². The Balaban J connectivity index is 4.44. The molecule has 0 saturated carbocycles. The SMILES string of the molecule is CCC(S)CC(=O)OCC(CC)(CO)COC(=O)CC(S)CC. The van der Waals surface area contributed by atoms with E-state index in [-0.39, 0.29) is 55.1 Å². The molecule has 7 heteroatoms. The zero-order valence-electron chi connectivity index (χ0n) is 14.3. The van der Waals surface area contributed by atoms with E-state index in [1.807, 2.05) is 20.8 Å². The van der Waals surface area contributed by atoms with Crippen molar-refractivity contribution in [3.8, 4) is 0 Å². The van der Waals surface area contributed by atoms with Crippen LogP contribution >= 0.6 is 25.3 Å². The maximum atomic E-state index is 11.7. The highest BCUT2D eigenvalue weighted by molar-refractivity contribution is 7.81. The molecule has 0 aliphatic heterocycles. The van der Waals surface area contributed by atoms with Gasteiger partial charge in [-0.3, -0.25) is 9.59 Å². The second-order valence-corrected chi connectivity index (χ2v) is 7.33. The average Bonchev–Trinajstić information content (AvgIpc) is 2.55. The van der Waals surface area contributed by atoms with Gasteiger partial charge in [0.2, 0.25) is 0 Å². The lowest BCUT2D eigenvalue weighted by molar-refractivity contribution is -0.156. The summed E-state index contributed by atoms with van der Waals surface area (Å²) in [5.41, 5.74) is -0.762. The van der Waals surface area contributed by atoms with Gasteiger partial charge in [-0.15, -0.1) is 0 Å². The van der Waals surface area contributed by atoms with Crippen LogP contribution in [0.1, 0.15) is 52.9 Å². The Morgan fingerprint density at radius 2 is 1.35 bits per heavy atom. The van der Waals surface area contributed by atoms with E-state index >= 15 is 0 Å². The second kappa shape index (κ2) is 12.0. The van der Waals surface area contributed by atoms with Gasteiger partial charge in [0.05, 0.1) is 24.9 Å². The number of esters is 2. The zero-order chi connectivity index (χ0) is 17.9. The van der Waals surface area contributed by atoms with Gasteiger partial charge in [0.25, 0.3) is 0 Å². The van der Waals surface area contributed by atoms with Gasteiger partial charge in [-0.2, -0.15) is 25.3 Å². The number of hydrogen-bond donors (Lipinski definition) is 3. The number of ether oxygens (including phenoxy) is 2. The van der Waals surface area contributed by atoms with E-state index in [0.717, 1.165) is 12.8 Å². The number of carbonyl (C=O) groups is 2. The molecule has 2 unspecified atom stereocenters. The highest BCUT2D eigenvalue weighted by Crippen LogP contribution is 2.23. The summed E-state index contributed by atoms with van der Waals surface area (Å²) in [5.74, 6) is -0.711. The Morgan fingerprint density at radius 3 is 1.61 bits per heavy atom. The summed E-state index contributed by atoms with van der Waals surface area (Å²) in [6.45, 7) is 5.57. The first-order valence-corrected chi connectivity index (χ1v) is 9.13. The molecule has 0 aromatic heterocycles. The van der Waals surface area contributed by atoms with Crippen molar-refractivity contribution in [2.75, 3.05) is 19.8 Å². The average molecular weight is 367 g/mol. The lowest BCUT2D eigenvalue weighted by Gasteiger charge is -2.29. The normalized spacial score (nSPS) is 16.3. The largest absolute Gasteiger partial charge is 0.465 e. The minimum absolute atomic E-state index is 0.0222. The molecule has 0 aliphatic carbocycles. The van der Waals surface area contributed by atoms with Gasteiger partial charge in [0.1, 0.15) is 13.2 Å². The summed E-state index contributed by atoms with van der Waals surface area (Å²) in [7, 11) is 0. The Hall–Kier alpha value is -0.400. The first kappa shape index (κ1) is 22.6. The van der Waals surface area contributed by atoms with Crippen molar-refractivity contribution in [1.29, 1.82) is 0 Å². The molecule has 0 spiro atoms. The lowest BCUT2D eigenvalue weighted by atomic mass is 9.88. The quantitative estimate of drug-likeness (QED) is 0.366. The Morgan fingerprint density at radius 1 is 0.957 bits per heavy atom. The molecule has 5 nitrogen and oxygen atoms in total. The number of thiol groups is 2. The first-order chi connectivity index (χ1) is 10.8. The third-order valence-corrected chi connectivity index (χ3v) is 5.01. The van der Waals surface area contributed by atoms with Crippen LogP contribution in [0.2, 0.25) is 0 Å². The molecule has 1 N–H and O–H groups in total. The summed E-state index contributed by atoms with van der Waals surface area (Å²) in [6.07, 6.45) is 2.53. The molecule has 0 aromatic rings. The zero-order valence-corrected chi connectivity index (χ0v) is 16.1. The molecule has 23 heavy (non-hydrogen) atoms. The Kier molecular flexibility index (Phi) is 11.8. The van der Waals surface area contributed by atoms with E-state index in [9.17, 15) is 14.7 Å². The topological polar surface area (TPSA) is 72.8 Å². The smallest absolute Gasteiger partial charge is 0.306 e. The molecule has 0 rings (SSSR count). The van der Waals surface area contributed by atoms with E-state index in [1.165, 1.54) is 0 Å². The molecule has 0 aromatic carbocycles. The first-order valence-electron chi connectivity index (χ1n) is 8.10. The fourth-order valence-electron chi connectivity index (χ4n) is 1.71. The van der Waals surface area contributed by atoms with Crippen LogP contribution in [-0.4, -0.2) is 47.4 Å². The summed E-state index contributed by atoms with van der Waals surface area (Å²) >= 11 is 8.53. The maximum absolute atomic E-state index is 11.7. The molecular weight excluding hydrogens is 336 g/mol. The van der Waals surface area contributed by atoms with Crippen molar-refractivity contribution in [2.45, 2.75) is 63.4 Å². The van der Waals surface area contributed by atoms with Crippen molar-refractivity contribution < 1.29 is 24.2 Å². The highest BCUT2D eigenvalue weighted by Gasteiger charge is 2.32. The Labute approximate surface area is 150 Å². The summed E-state index contributed by atoms with van der Waals surface area (Å²) in [5, 5.41) is 9.58. The molecule has 0 heterocycles. The summed E-state index contributed by atoms with van der Waals surface area (Å²) < 4.78 is 10.5. The van der Waals surface area contributed by atoms with Crippen LogP contribution in [0.5, 0.6) is 0 Å². The number of aliphatic hydroxyl groups excluding tert-OH is 1. The van der Waals surface area contributed by atoms with Crippen LogP contribution < -0.4 is 0 Å². The predicted octanol–water partition coefficient (Wildman–Crippen LogP) is 2.66. The minimum atomic E-state index is -0.762. The number of hydrogen-bond acceptors (Lipinski definition) is 7. The molecule has 136 valence electrons. The van der Waals surface area contributed by atoms with Gasteiger partial charge in [0.15, 0.2) is 0 Å². The molecule has 0 bridgehead atoms. The van der Waals surface area contributed by atoms with E-state index in [4.69, 9.17) is 9.47 Å². The van der Waals surface area contributed by atoms with Gasteiger partial charge in [0, 0.05) is 10.5 Å². The van der Waals surface area contributed by atoms with Crippen molar-refractivity contribution in [2.24, 2.45) is 5.41 Å². The summed E-state index contributed by atoms with van der Waals surface area (Å²) in [6, 6.07) is 0. The van der Waals surface area contributed by atoms with E-state index in [1.54, 1.807) is 0 Å². The van der Waals surface area contributed by atoms with Crippen LogP contribution in [-0.2, 0) is 19.1 Å². The minimum Gasteiger partial charge on any atom is -0.465 e. The number of carbonyl (C=O) groups excluding carboxylic acids is 2. The van der Waals surface area contributed by atoms with Crippen LogP contribution in [0.15, 0.2) is 0 Å². The predicted molar refractivity (Wildman–Crippen MR) is 97.1 cm³/mol. The van der Waals surface area contributed by atoms with Crippen LogP contribution in [0, 0.1) is 5.41 Å². The van der Waals surface area contributed by atoms with Gasteiger partial charge in [-0.25, -0.2) is 0 Å². The highest BCUT2D eigenvalue weighted by atomic mass is 32.1. The maximum Gasteiger partial charge on any atom is 0.306 e. The fourth-order valence-corrected chi connectivity index (χ4v) is 2.01. The summed E-state index contributed by atoms with van der Waals surface area (Å²) in [4.78, 5) is 23.5. The lowest BCUT2D eigenvalue weighted by Crippen LogP contribution is -2.37. The molecule has 0 saturated heterocycles. The molecular formula is C16H30O5S2. The molecule has 0 radical (unpaired) electrons. The van der Waals surface area contributed by atoms with Crippen molar-refractivity contribution in [1.82, 2.24) is 0 Å². The second-order valence-electron chi connectivity index (χ2n) is 5.87. The number of aliphatic hydroxyl groups is 1. The molecule has 0 aliphatic rings. The van der Waals surface area contributed by atoms with Crippen molar-refractivity contribution in [3.05, 3.63) is 0 Å². The van der Waals surface area contributed by atoms with Crippen molar-refractivity contribution >= 4 is 37.2 Å². The van der Waals surface area contributed by atoms with Gasteiger partial charge in [-0.1, -0.05) is 20.8 Å². The fraction of sp³-hybridized carbons (Fsp3) is 0.875. The monoisotopic (exact) mass is 366 g/mol. The third-order valence-electron chi connectivity index (χ3n) is 3.91. The Bertz CT molecular complexity index is 328. The molecule has 2 atom stereocenters. The van der Waals surface area contributed by atoms with E-state index in [0.29, 0.717) is 6.42 Å². The van der Waals surface area contributed by atoms with Crippen LogP contribution in [0.25, 0.3) is 0 Å². The van der Waals surface area contributed by atoms with Crippen LogP contribution in [0.3, 0.4) is 0 Å². The van der Waals surface area contributed by atoms with E-state index < -0.39 is 5.41 Å². The third kappa shape index (κ3) is 9.47.